The maximum Gasteiger partial charge on any atom is 0.321 e. The van der Waals surface area contributed by atoms with Gasteiger partial charge in [0.05, 0.1) is 6.61 Å². The summed E-state index contributed by atoms with van der Waals surface area (Å²) in [5.74, 6) is -1.33. The van der Waals surface area contributed by atoms with Crippen molar-refractivity contribution < 1.29 is 14.3 Å². The summed E-state index contributed by atoms with van der Waals surface area (Å²) in [5, 5.41) is 2.87. The summed E-state index contributed by atoms with van der Waals surface area (Å²) in [6.07, 6.45) is 0. The molecule has 4 rings (SSSR count). The van der Waals surface area contributed by atoms with E-state index < -0.39 is 17.9 Å². The number of benzene rings is 2. The van der Waals surface area contributed by atoms with E-state index in [1.807, 2.05) is 37.3 Å². The standard InChI is InChI=1S/C25H30N4O3/c1-3-32-24(31)21-22(20-11-7-8-18(2)16-20)26-25(27-23(21)30)29-14-12-28(13-15-29)17-19-9-5-4-6-10-19/h4-11,16,21-22H,3,12-15,17H2,1-2H3,(H,26,27,30). The molecular formula is C25H30N4O3. The van der Waals surface area contributed by atoms with Gasteiger partial charge in [-0.2, -0.15) is 0 Å². The molecular weight excluding hydrogens is 404 g/mol. The second-order valence-corrected chi connectivity index (χ2v) is 8.28. The van der Waals surface area contributed by atoms with E-state index in [1.165, 1.54) is 5.56 Å². The first kappa shape index (κ1) is 22.0. The fraction of sp³-hybridized carbons (Fsp3) is 0.400. The van der Waals surface area contributed by atoms with Crippen molar-refractivity contribution in [3.05, 3.63) is 71.3 Å². The third kappa shape index (κ3) is 4.99. The van der Waals surface area contributed by atoms with E-state index in [-0.39, 0.29) is 12.5 Å². The van der Waals surface area contributed by atoms with Gasteiger partial charge in [-0.1, -0.05) is 60.2 Å². The van der Waals surface area contributed by atoms with Gasteiger partial charge < -0.3 is 9.64 Å². The van der Waals surface area contributed by atoms with Crippen LogP contribution in [0.25, 0.3) is 0 Å². The molecule has 2 aromatic carbocycles. The Labute approximate surface area is 189 Å². The molecule has 0 aliphatic carbocycles. The van der Waals surface area contributed by atoms with Crippen LogP contribution in [0.15, 0.2) is 59.6 Å². The molecule has 2 unspecified atom stereocenters. The van der Waals surface area contributed by atoms with Crippen molar-refractivity contribution in [1.82, 2.24) is 15.1 Å². The molecule has 0 bridgehead atoms. The molecule has 0 spiro atoms. The van der Waals surface area contributed by atoms with Gasteiger partial charge in [0, 0.05) is 32.7 Å². The third-order valence-electron chi connectivity index (χ3n) is 5.94. The summed E-state index contributed by atoms with van der Waals surface area (Å²) in [4.78, 5) is 35.0. The zero-order chi connectivity index (χ0) is 22.5. The van der Waals surface area contributed by atoms with Crippen LogP contribution in [0.2, 0.25) is 0 Å². The molecule has 1 fully saturated rings. The number of carbonyl (C=O) groups is 2. The molecule has 1 saturated heterocycles. The summed E-state index contributed by atoms with van der Waals surface area (Å²) < 4.78 is 5.20. The lowest BCUT2D eigenvalue weighted by atomic mass is 9.90. The van der Waals surface area contributed by atoms with Crippen LogP contribution in [-0.2, 0) is 20.9 Å². The van der Waals surface area contributed by atoms with Crippen LogP contribution >= 0.6 is 0 Å². The average molecular weight is 435 g/mol. The number of nitrogens with zero attached hydrogens (tertiary/aromatic N) is 3. The molecule has 0 radical (unpaired) electrons. The second-order valence-electron chi connectivity index (χ2n) is 8.28. The Bertz CT molecular complexity index is 984. The summed E-state index contributed by atoms with van der Waals surface area (Å²) >= 11 is 0. The number of rotatable bonds is 5. The van der Waals surface area contributed by atoms with Crippen LogP contribution in [0.4, 0.5) is 0 Å². The number of hydrogen-bond acceptors (Lipinski definition) is 6. The highest BCUT2D eigenvalue weighted by atomic mass is 16.5. The first-order chi connectivity index (χ1) is 15.5. The molecule has 2 aliphatic heterocycles. The highest BCUT2D eigenvalue weighted by Gasteiger charge is 2.42. The van der Waals surface area contributed by atoms with Gasteiger partial charge in [-0.3, -0.25) is 19.8 Å². The number of amides is 1. The smallest absolute Gasteiger partial charge is 0.321 e. The number of aliphatic imine (C=N–C) groups is 1. The Hall–Kier alpha value is -3.19. The van der Waals surface area contributed by atoms with Gasteiger partial charge in [0.1, 0.15) is 6.04 Å². The number of ether oxygens (including phenoxy) is 1. The maximum absolute atomic E-state index is 13.0. The molecule has 2 heterocycles. The molecule has 2 aromatic rings. The van der Waals surface area contributed by atoms with E-state index in [9.17, 15) is 9.59 Å². The number of carbonyl (C=O) groups excluding carboxylic acids is 2. The molecule has 32 heavy (non-hydrogen) atoms. The van der Waals surface area contributed by atoms with Gasteiger partial charge in [-0.15, -0.1) is 0 Å². The van der Waals surface area contributed by atoms with E-state index in [2.05, 4.69) is 39.4 Å². The molecule has 7 nitrogen and oxygen atoms in total. The predicted octanol–water partition coefficient (Wildman–Crippen LogP) is 2.52. The molecule has 2 atom stereocenters. The molecule has 0 saturated carbocycles. The Morgan fingerprint density at radius 3 is 2.53 bits per heavy atom. The fourth-order valence-corrected chi connectivity index (χ4v) is 4.28. The van der Waals surface area contributed by atoms with E-state index in [0.29, 0.717) is 5.96 Å². The van der Waals surface area contributed by atoms with Gasteiger partial charge in [0.15, 0.2) is 5.92 Å². The van der Waals surface area contributed by atoms with Gasteiger partial charge >= 0.3 is 5.97 Å². The Kier molecular flexibility index (Phi) is 6.85. The van der Waals surface area contributed by atoms with Crippen molar-refractivity contribution in [2.45, 2.75) is 26.4 Å². The number of nitrogens with one attached hydrogen (secondary N) is 1. The second kappa shape index (κ2) is 9.96. The molecule has 1 N–H and O–H groups in total. The van der Waals surface area contributed by atoms with E-state index in [1.54, 1.807) is 6.92 Å². The minimum Gasteiger partial charge on any atom is -0.465 e. The quantitative estimate of drug-likeness (QED) is 0.578. The SMILES string of the molecule is CCOC(=O)C1C(=O)NC(N2CCN(Cc3ccccc3)CC2)=NC1c1cccc(C)c1. The lowest BCUT2D eigenvalue weighted by molar-refractivity contribution is -0.153. The average Bonchev–Trinajstić information content (AvgIpc) is 2.80. The van der Waals surface area contributed by atoms with Gasteiger partial charge in [-0.05, 0) is 25.0 Å². The zero-order valence-electron chi connectivity index (χ0n) is 18.7. The van der Waals surface area contributed by atoms with Crippen molar-refractivity contribution in [2.75, 3.05) is 32.8 Å². The molecule has 7 heteroatoms. The summed E-state index contributed by atoms with van der Waals surface area (Å²) in [7, 11) is 0. The lowest BCUT2D eigenvalue weighted by Gasteiger charge is -2.39. The zero-order valence-corrected chi connectivity index (χ0v) is 18.7. The first-order valence-corrected chi connectivity index (χ1v) is 11.2. The summed E-state index contributed by atoms with van der Waals surface area (Å²) in [5.41, 5.74) is 3.20. The number of hydrogen-bond donors (Lipinski definition) is 1. The van der Waals surface area contributed by atoms with Crippen LogP contribution in [-0.4, -0.2) is 60.4 Å². The van der Waals surface area contributed by atoms with Crippen LogP contribution in [0, 0.1) is 12.8 Å². The monoisotopic (exact) mass is 434 g/mol. The maximum atomic E-state index is 13.0. The van der Waals surface area contributed by atoms with Crippen LogP contribution in [0.1, 0.15) is 29.7 Å². The molecule has 0 aromatic heterocycles. The third-order valence-corrected chi connectivity index (χ3v) is 5.94. The van der Waals surface area contributed by atoms with Crippen molar-refractivity contribution in [2.24, 2.45) is 10.9 Å². The predicted molar refractivity (Wildman–Crippen MR) is 123 cm³/mol. The van der Waals surface area contributed by atoms with Crippen LogP contribution < -0.4 is 5.32 Å². The summed E-state index contributed by atoms with van der Waals surface area (Å²) in [6.45, 7) is 8.13. The van der Waals surface area contributed by atoms with E-state index >= 15 is 0 Å². The molecule has 168 valence electrons. The highest BCUT2D eigenvalue weighted by Crippen LogP contribution is 2.31. The van der Waals surface area contributed by atoms with E-state index in [0.717, 1.165) is 43.9 Å². The number of guanidine groups is 1. The Balaban J connectivity index is 1.51. The van der Waals surface area contributed by atoms with Crippen molar-refractivity contribution >= 4 is 17.8 Å². The highest BCUT2D eigenvalue weighted by molar-refractivity contribution is 6.08. The minimum absolute atomic E-state index is 0.225. The normalized spacial score (nSPS) is 21.6. The van der Waals surface area contributed by atoms with Crippen molar-refractivity contribution in [3.63, 3.8) is 0 Å². The lowest BCUT2D eigenvalue weighted by Crippen LogP contribution is -2.57. The van der Waals surface area contributed by atoms with Crippen molar-refractivity contribution in [3.8, 4) is 0 Å². The minimum atomic E-state index is -0.986. The molecule has 2 aliphatic rings. The fourth-order valence-electron chi connectivity index (χ4n) is 4.28. The van der Waals surface area contributed by atoms with Gasteiger partial charge in [0.2, 0.25) is 11.9 Å². The topological polar surface area (TPSA) is 74.2 Å². The Morgan fingerprint density at radius 2 is 1.84 bits per heavy atom. The van der Waals surface area contributed by atoms with E-state index in [4.69, 9.17) is 9.73 Å². The summed E-state index contributed by atoms with van der Waals surface area (Å²) in [6, 6.07) is 17.6. The number of aryl methyl sites for hydroxylation is 1. The number of esters is 1. The van der Waals surface area contributed by atoms with Crippen LogP contribution in [0.3, 0.4) is 0 Å². The van der Waals surface area contributed by atoms with Crippen LogP contribution in [0.5, 0.6) is 0 Å². The molecule has 1 amide bonds. The van der Waals surface area contributed by atoms with Crippen molar-refractivity contribution in [1.29, 1.82) is 0 Å². The van der Waals surface area contributed by atoms with Gasteiger partial charge in [0.25, 0.3) is 0 Å². The Morgan fingerprint density at radius 1 is 1.09 bits per heavy atom. The first-order valence-electron chi connectivity index (χ1n) is 11.2. The number of piperazine rings is 1. The van der Waals surface area contributed by atoms with Gasteiger partial charge in [-0.25, -0.2) is 4.99 Å². The largest absolute Gasteiger partial charge is 0.465 e.